The van der Waals surface area contributed by atoms with Gasteiger partial charge in [0.1, 0.15) is 0 Å². The summed E-state index contributed by atoms with van der Waals surface area (Å²) in [4.78, 5) is 0. The van der Waals surface area contributed by atoms with Crippen LogP contribution in [-0.4, -0.2) is 0 Å². The molecule has 0 saturated heterocycles. The van der Waals surface area contributed by atoms with E-state index in [0.717, 1.165) is 5.69 Å². The van der Waals surface area contributed by atoms with Gasteiger partial charge in [0.05, 0.1) is 5.69 Å². The molecule has 1 aromatic rings. The van der Waals surface area contributed by atoms with Crippen LogP contribution in [0.5, 0.6) is 0 Å². The van der Waals surface area contributed by atoms with Crippen molar-refractivity contribution in [3.63, 3.8) is 0 Å². The summed E-state index contributed by atoms with van der Waals surface area (Å²) in [5.41, 5.74) is 4.86. The molecule has 1 rings (SSSR count). The topological polar surface area (TPSA) is 38.0 Å². The highest BCUT2D eigenvalue weighted by Gasteiger charge is 1.97. The van der Waals surface area contributed by atoms with Gasteiger partial charge in [0, 0.05) is 3.57 Å². The fraction of sp³-hybridized carbons (Fsp3) is 0.143. The maximum absolute atomic E-state index is 5.26. The second kappa shape index (κ2) is 3.21. The number of nitrogens with one attached hydrogen (secondary N) is 1. The molecule has 1 aromatic carbocycles. The number of nitrogens with two attached hydrogens (primary N) is 1. The van der Waals surface area contributed by atoms with Crippen LogP contribution in [0.15, 0.2) is 18.2 Å². The Morgan fingerprint density at radius 3 is 2.70 bits per heavy atom. The van der Waals surface area contributed by atoms with Crippen LogP contribution < -0.4 is 11.3 Å². The van der Waals surface area contributed by atoms with E-state index < -0.39 is 0 Å². The molecule has 0 bridgehead atoms. The summed E-state index contributed by atoms with van der Waals surface area (Å²) in [5, 5.41) is 0. The van der Waals surface area contributed by atoms with Crippen LogP contribution in [0.2, 0.25) is 0 Å². The normalized spacial score (nSPS) is 9.50. The van der Waals surface area contributed by atoms with E-state index in [1.54, 1.807) is 0 Å². The predicted octanol–water partition coefficient (Wildman–Crippen LogP) is 1.89. The summed E-state index contributed by atoms with van der Waals surface area (Å²) in [6.45, 7) is 2.06. The van der Waals surface area contributed by atoms with E-state index in [1.165, 1.54) is 9.13 Å². The molecule has 2 nitrogen and oxygen atoms in total. The number of rotatable bonds is 1. The van der Waals surface area contributed by atoms with Crippen molar-refractivity contribution >= 4 is 28.3 Å². The minimum Gasteiger partial charge on any atom is -0.323 e. The predicted molar refractivity (Wildman–Crippen MR) is 51.7 cm³/mol. The lowest BCUT2D eigenvalue weighted by Gasteiger charge is -2.04. The highest BCUT2D eigenvalue weighted by molar-refractivity contribution is 14.1. The fourth-order valence-electron chi connectivity index (χ4n) is 0.759. The molecule has 0 aromatic heterocycles. The van der Waals surface area contributed by atoms with Gasteiger partial charge in [0.25, 0.3) is 0 Å². The van der Waals surface area contributed by atoms with Gasteiger partial charge in [0.15, 0.2) is 0 Å². The van der Waals surface area contributed by atoms with Crippen LogP contribution >= 0.6 is 22.6 Å². The van der Waals surface area contributed by atoms with Crippen molar-refractivity contribution in [3.05, 3.63) is 27.3 Å². The van der Waals surface area contributed by atoms with Gasteiger partial charge in [-0.2, -0.15) is 0 Å². The van der Waals surface area contributed by atoms with Gasteiger partial charge < -0.3 is 5.43 Å². The van der Waals surface area contributed by atoms with Crippen LogP contribution in [0.25, 0.3) is 0 Å². The molecule has 54 valence electrons. The van der Waals surface area contributed by atoms with Gasteiger partial charge in [-0.25, -0.2) is 0 Å². The van der Waals surface area contributed by atoms with E-state index in [9.17, 15) is 0 Å². The fourth-order valence-corrected chi connectivity index (χ4v) is 1.27. The van der Waals surface area contributed by atoms with E-state index in [4.69, 9.17) is 5.84 Å². The molecular weight excluding hydrogens is 239 g/mol. The molecule has 0 unspecified atom stereocenters. The maximum atomic E-state index is 5.26. The van der Waals surface area contributed by atoms with Crippen molar-refractivity contribution in [3.8, 4) is 0 Å². The lowest BCUT2D eigenvalue weighted by Crippen LogP contribution is -2.08. The molecule has 3 heteroatoms. The van der Waals surface area contributed by atoms with Crippen molar-refractivity contribution in [2.75, 3.05) is 5.43 Å². The smallest absolute Gasteiger partial charge is 0.0621 e. The lowest BCUT2D eigenvalue weighted by molar-refractivity contribution is 1.31. The summed E-state index contributed by atoms with van der Waals surface area (Å²) in [5.74, 6) is 5.26. The monoisotopic (exact) mass is 248 g/mol. The van der Waals surface area contributed by atoms with Crippen molar-refractivity contribution < 1.29 is 0 Å². The minimum absolute atomic E-state index is 0.987. The molecule has 0 fully saturated rings. The van der Waals surface area contributed by atoms with Crippen LogP contribution in [0.3, 0.4) is 0 Å². The zero-order valence-corrected chi connectivity index (χ0v) is 7.84. The number of benzene rings is 1. The second-order valence-electron chi connectivity index (χ2n) is 2.08. The maximum Gasteiger partial charge on any atom is 0.0621 e. The first-order chi connectivity index (χ1) is 4.75. The highest BCUT2D eigenvalue weighted by Crippen LogP contribution is 2.19. The zero-order valence-electron chi connectivity index (χ0n) is 5.69. The molecule has 0 aliphatic carbocycles. The molecule has 0 spiro atoms. The van der Waals surface area contributed by atoms with Crippen LogP contribution in [-0.2, 0) is 0 Å². The van der Waals surface area contributed by atoms with Gasteiger partial charge in [-0.1, -0.05) is 12.1 Å². The zero-order chi connectivity index (χ0) is 7.56. The Hall–Kier alpha value is -0.290. The number of nitrogen functional groups attached to an aromatic ring is 1. The summed E-state index contributed by atoms with van der Waals surface area (Å²) in [6, 6.07) is 5.99. The Kier molecular flexibility index (Phi) is 2.50. The Balaban J connectivity index is 3.14. The van der Waals surface area contributed by atoms with E-state index >= 15 is 0 Å². The molecule has 0 atom stereocenters. The van der Waals surface area contributed by atoms with E-state index in [1.807, 2.05) is 12.1 Å². The van der Waals surface area contributed by atoms with Crippen molar-refractivity contribution in [1.29, 1.82) is 0 Å². The number of anilines is 1. The average Bonchev–Trinajstić information content (AvgIpc) is 1.95. The van der Waals surface area contributed by atoms with Gasteiger partial charge in [-0.3, -0.25) is 5.84 Å². The minimum atomic E-state index is 0.987. The molecule has 0 aliphatic rings. The van der Waals surface area contributed by atoms with E-state index in [2.05, 4.69) is 41.0 Å². The largest absolute Gasteiger partial charge is 0.323 e. The molecular formula is C7H9IN2. The van der Waals surface area contributed by atoms with Crippen molar-refractivity contribution in [1.82, 2.24) is 0 Å². The summed E-state index contributed by atoms with van der Waals surface area (Å²) < 4.78 is 1.18. The standard InChI is InChI=1S/C7H9IN2/c1-5-3-2-4-6(10-9)7(5)8/h2-4,10H,9H2,1H3. The molecule has 0 saturated carbocycles. The first kappa shape index (κ1) is 7.81. The number of aryl methyl sites for hydroxylation is 1. The molecule has 3 N–H and O–H groups in total. The first-order valence-corrected chi connectivity index (χ1v) is 4.05. The third kappa shape index (κ3) is 1.41. The third-order valence-corrected chi connectivity index (χ3v) is 2.78. The number of hydrogen-bond donors (Lipinski definition) is 2. The summed E-state index contributed by atoms with van der Waals surface area (Å²) in [6.07, 6.45) is 0. The molecule has 0 amide bonds. The van der Waals surface area contributed by atoms with Crippen molar-refractivity contribution in [2.24, 2.45) is 5.84 Å². The summed E-state index contributed by atoms with van der Waals surface area (Å²) >= 11 is 2.26. The second-order valence-corrected chi connectivity index (χ2v) is 3.16. The van der Waals surface area contributed by atoms with E-state index in [-0.39, 0.29) is 0 Å². The molecule has 0 heterocycles. The van der Waals surface area contributed by atoms with Gasteiger partial charge in [-0.15, -0.1) is 0 Å². The van der Waals surface area contributed by atoms with Gasteiger partial charge in [-0.05, 0) is 41.1 Å². The summed E-state index contributed by atoms with van der Waals surface area (Å²) in [7, 11) is 0. The van der Waals surface area contributed by atoms with Crippen LogP contribution in [0.4, 0.5) is 5.69 Å². The Bertz CT molecular complexity index is 235. The SMILES string of the molecule is Cc1cccc(NN)c1I. The molecule has 0 aliphatic heterocycles. The van der Waals surface area contributed by atoms with Crippen molar-refractivity contribution in [2.45, 2.75) is 6.92 Å². The number of hydrazine groups is 1. The van der Waals surface area contributed by atoms with Crippen LogP contribution in [0, 0.1) is 10.5 Å². The quantitative estimate of drug-likeness (QED) is 0.452. The highest BCUT2D eigenvalue weighted by atomic mass is 127. The third-order valence-electron chi connectivity index (χ3n) is 1.35. The molecule has 10 heavy (non-hydrogen) atoms. The Morgan fingerprint density at radius 1 is 1.50 bits per heavy atom. The Labute approximate surface area is 73.9 Å². The average molecular weight is 248 g/mol. The molecule has 0 radical (unpaired) electrons. The van der Waals surface area contributed by atoms with Gasteiger partial charge in [0.2, 0.25) is 0 Å². The van der Waals surface area contributed by atoms with Crippen LogP contribution in [0.1, 0.15) is 5.56 Å². The Morgan fingerprint density at radius 2 is 2.20 bits per heavy atom. The van der Waals surface area contributed by atoms with E-state index in [0.29, 0.717) is 0 Å². The first-order valence-electron chi connectivity index (χ1n) is 2.97. The number of halogens is 1. The number of hydrogen-bond acceptors (Lipinski definition) is 2. The van der Waals surface area contributed by atoms with Gasteiger partial charge >= 0.3 is 0 Å². The lowest BCUT2D eigenvalue weighted by atomic mass is 10.2.